The number of nitrogens with zero attached hydrogens (tertiary/aromatic N) is 1. The second-order valence-corrected chi connectivity index (χ2v) is 4.00. The summed E-state index contributed by atoms with van der Waals surface area (Å²) in [5, 5.41) is 16.3. The van der Waals surface area contributed by atoms with Gasteiger partial charge >= 0.3 is 0 Å². The third kappa shape index (κ3) is 2.79. The lowest BCUT2D eigenvalue weighted by Gasteiger charge is -2.25. The van der Waals surface area contributed by atoms with Crippen LogP contribution in [-0.4, -0.2) is 23.9 Å². The molecule has 1 aromatic carbocycles. The number of non-ortho nitro benzene ring substituents is 1. The van der Waals surface area contributed by atoms with Gasteiger partial charge in [-0.1, -0.05) is 12.1 Å². The van der Waals surface area contributed by atoms with E-state index >= 15 is 0 Å². The predicted molar refractivity (Wildman–Crippen MR) is 61.3 cm³/mol. The van der Waals surface area contributed by atoms with Crippen molar-refractivity contribution in [3.63, 3.8) is 0 Å². The summed E-state index contributed by atoms with van der Waals surface area (Å²) in [6, 6.07) is 6.28. The van der Waals surface area contributed by atoms with Crippen LogP contribution in [0.5, 0.6) is 0 Å². The van der Waals surface area contributed by atoms with Crippen LogP contribution >= 0.6 is 0 Å². The summed E-state index contributed by atoms with van der Waals surface area (Å²) in [6.45, 7) is 1.75. The Balaban J connectivity index is 1.91. The topological polar surface area (TPSA) is 84.3 Å². The standard InChI is InChI=1S/C11H13N3O3/c15-11(9-6-12-7-9)13-5-8-2-1-3-10(4-8)14(16)17/h1-4,9,12H,5-7H2,(H,13,15). The lowest BCUT2D eigenvalue weighted by Crippen LogP contribution is -2.50. The molecule has 0 bridgehead atoms. The number of hydrogen-bond acceptors (Lipinski definition) is 4. The zero-order valence-corrected chi connectivity index (χ0v) is 9.18. The highest BCUT2D eigenvalue weighted by Gasteiger charge is 2.24. The van der Waals surface area contributed by atoms with Crippen LogP contribution in [0.1, 0.15) is 5.56 Å². The van der Waals surface area contributed by atoms with Gasteiger partial charge in [0.1, 0.15) is 0 Å². The number of nitro groups is 1. The fourth-order valence-electron chi connectivity index (χ4n) is 1.59. The van der Waals surface area contributed by atoms with Gasteiger partial charge in [-0.3, -0.25) is 14.9 Å². The fraction of sp³-hybridized carbons (Fsp3) is 0.364. The van der Waals surface area contributed by atoms with Crippen molar-refractivity contribution in [2.24, 2.45) is 5.92 Å². The van der Waals surface area contributed by atoms with Crippen LogP contribution in [0.25, 0.3) is 0 Å². The van der Waals surface area contributed by atoms with Crippen LogP contribution in [0, 0.1) is 16.0 Å². The van der Waals surface area contributed by atoms with Gasteiger partial charge in [0.05, 0.1) is 10.8 Å². The Kier molecular flexibility index (Phi) is 3.34. The number of nitro benzene ring substituents is 1. The minimum absolute atomic E-state index is 0.00439. The Morgan fingerprint density at radius 3 is 2.88 bits per heavy atom. The van der Waals surface area contributed by atoms with E-state index in [0.29, 0.717) is 19.6 Å². The van der Waals surface area contributed by atoms with Gasteiger partial charge in [0, 0.05) is 31.8 Å². The van der Waals surface area contributed by atoms with Crippen LogP contribution in [0.4, 0.5) is 5.69 Å². The van der Waals surface area contributed by atoms with E-state index in [2.05, 4.69) is 10.6 Å². The molecule has 1 amide bonds. The van der Waals surface area contributed by atoms with Crippen LogP contribution < -0.4 is 10.6 Å². The number of carbonyl (C=O) groups excluding carboxylic acids is 1. The summed E-state index contributed by atoms with van der Waals surface area (Å²) in [6.07, 6.45) is 0. The Morgan fingerprint density at radius 2 is 2.29 bits per heavy atom. The SMILES string of the molecule is O=C(NCc1cccc([N+](=O)[O-])c1)C1CNC1. The summed E-state index contributed by atoms with van der Waals surface area (Å²) in [4.78, 5) is 21.7. The number of carbonyl (C=O) groups is 1. The Morgan fingerprint density at radius 1 is 1.53 bits per heavy atom. The molecule has 1 heterocycles. The van der Waals surface area contributed by atoms with Gasteiger partial charge in [0.25, 0.3) is 5.69 Å². The molecular formula is C11H13N3O3. The predicted octanol–water partition coefficient (Wildman–Crippen LogP) is 0.430. The van der Waals surface area contributed by atoms with Crippen molar-refractivity contribution in [2.75, 3.05) is 13.1 Å². The van der Waals surface area contributed by atoms with E-state index in [1.165, 1.54) is 12.1 Å². The van der Waals surface area contributed by atoms with Crippen LogP contribution in [0.2, 0.25) is 0 Å². The molecule has 2 N–H and O–H groups in total. The van der Waals surface area contributed by atoms with E-state index in [9.17, 15) is 14.9 Å². The third-order valence-electron chi connectivity index (χ3n) is 2.74. The van der Waals surface area contributed by atoms with Gasteiger partial charge < -0.3 is 10.6 Å². The Hall–Kier alpha value is -1.95. The first-order valence-electron chi connectivity index (χ1n) is 5.38. The van der Waals surface area contributed by atoms with Crippen LogP contribution in [0.3, 0.4) is 0 Å². The van der Waals surface area contributed by atoms with E-state index in [1.807, 2.05) is 0 Å². The zero-order valence-electron chi connectivity index (χ0n) is 9.18. The first-order chi connectivity index (χ1) is 8.16. The molecule has 1 saturated heterocycles. The van der Waals surface area contributed by atoms with Gasteiger partial charge in [0.15, 0.2) is 0 Å². The molecule has 0 aliphatic carbocycles. The van der Waals surface area contributed by atoms with Gasteiger partial charge in [-0.15, -0.1) is 0 Å². The smallest absolute Gasteiger partial charge is 0.269 e. The fourth-order valence-corrected chi connectivity index (χ4v) is 1.59. The number of hydrogen-bond donors (Lipinski definition) is 2. The van der Waals surface area contributed by atoms with Crippen molar-refractivity contribution in [2.45, 2.75) is 6.54 Å². The second-order valence-electron chi connectivity index (χ2n) is 4.00. The number of amides is 1. The van der Waals surface area contributed by atoms with E-state index in [1.54, 1.807) is 12.1 Å². The molecule has 0 unspecified atom stereocenters. The Labute approximate surface area is 98.2 Å². The number of nitrogens with one attached hydrogen (secondary N) is 2. The van der Waals surface area contributed by atoms with Crippen molar-refractivity contribution in [1.29, 1.82) is 0 Å². The van der Waals surface area contributed by atoms with Crippen molar-refractivity contribution in [3.05, 3.63) is 39.9 Å². The molecule has 1 fully saturated rings. The normalized spacial score (nSPS) is 15.1. The van der Waals surface area contributed by atoms with E-state index < -0.39 is 4.92 Å². The van der Waals surface area contributed by atoms with Gasteiger partial charge in [-0.25, -0.2) is 0 Å². The van der Waals surface area contributed by atoms with Gasteiger partial charge in [-0.2, -0.15) is 0 Å². The number of rotatable bonds is 4. The lowest BCUT2D eigenvalue weighted by molar-refractivity contribution is -0.384. The first-order valence-corrected chi connectivity index (χ1v) is 5.38. The molecule has 6 nitrogen and oxygen atoms in total. The molecule has 1 aliphatic heterocycles. The molecule has 90 valence electrons. The average molecular weight is 235 g/mol. The number of benzene rings is 1. The quantitative estimate of drug-likeness (QED) is 0.585. The first kappa shape index (κ1) is 11.5. The molecule has 6 heteroatoms. The molecule has 0 saturated carbocycles. The maximum absolute atomic E-state index is 11.5. The molecule has 0 radical (unpaired) electrons. The Bertz CT molecular complexity index is 443. The molecule has 2 rings (SSSR count). The molecule has 1 aromatic rings. The minimum atomic E-state index is -0.443. The summed E-state index contributed by atoms with van der Waals surface area (Å²) < 4.78 is 0. The van der Waals surface area contributed by atoms with Gasteiger partial charge in [-0.05, 0) is 5.56 Å². The van der Waals surface area contributed by atoms with Crippen molar-refractivity contribution >= 4 is 11.6 Å². The van der Waals surface area contributed by atoms with Crippen LogP contribution in [0.15, 0.2) is 24.3 Å². The summed E-state index contributed by atoms with van der Waals surface area (Å²) >= 11 is 0. The summed E-state index contributed by atoms with van der Waals surface area (Å²) in [5.74, 6) is 0.0314. The van der Waals surface area contributed by atoms with Crippen LogP contribution in [-0.2, 0) is 11.3 Å². The third-order valence-corrected chi connectivity index (χ3v) is 2.74. The van der Waals surface area contributed by atoms with E-state index in [4.69, 9.17) is 0 Å². The van der Waals surface area contributed by atoms with Gasteiger partial charge in [0.2, 0.25) is 5.91 Å². The maximum Gasteiger partial charge on any atom is 0.269 e. The zero-order chi connectivity index (χ0) is 12.3. The monoisotopic (exact) mass is 235 g/mol. The molecule has 0 spiro atoms. The lowest BCUT2D eigenvalue weighted by atomic mass is 10.0. The highest BCUT2D eigenvalue weighted by atomic mass is 16.6. The molecule has 17 heavy (non-hydrogen) atoms. The van der Waals surface area contributed by atoms with E-state index in [-0.39, 0.29) is 17.5 Å². The average Bonchev–Trinajstić information content (AvgIpc) is 2.24. The second kappa shape index (κ2) is 4.92. The van der Waals surface area contributed by atoms with Crippen molar-refractivity contribution < 1.29 is 9.72 Å². The molecular weight excluding hydrogens is 222 g/mol. The molecule has 0 atom stereocenters. The van der Waals surface area contributed by atoms with Crippen molar-refractivity contribution in [1.82, 2.24) is 10.6 Å². The molecule has 1 aliphatic rings. The summed E-state index contributed by atoms with van der Waals surface area (Å²) in [5.41, 5.74) is 0.780. The minimum Gasteiger partial charge on any atom is -0.352 e. The highest BCUT2D eigenvalue weighted by molar-refractivity contribution is 5.79. The maximum atomic E-state index is 11.5. The largest absolute Gasteiger partial charge is 0.352 e. The molecule has 0 aromatic heterocycles. The summed E-state index contributed by atoms with van der Waals surface area (Å²) in [7, 11) is 0. The van der Waals surface area contributed by atoms with E-state index in [0.717, 1.165) is 5.56 Å². The highest BCUT2D eigenvalue weighted by Crippen LogP contribution is 2.13. The van der Waals surface area contributed by atoms with Crippen molar-refractivity contribution in [3.8, 4) is 0 Å².